The van der Waals surface area contributed by atoms with Gasteiger partial charge in [-0.05, 0) is 174 Å². The molecule has 0 unspecified atom stereocenters. The van der Waals surface area contributed by atoms with Crippen molar-refractivity contribution in [2.24, 2.45) is 11.8 Å². The van der Waals surface area contributed by atoms with Crippen LogP contribution in [0.5, 0.6) is 0 Å². The van der Waals surface area contributed by atoms with Crippen molar-refractivity contribution in [1.82, 2.24) is 0 Å². The van der Waals surface area contributed by atoms with E-state index in [4.69, 9.17) is 0 Å². The van der Waals surface area contributed by atoms with Gasteiger partial charge in [-0.15, -0.1) is 0 Å². The SMILES string of the molecule is CCCCCC1CCC(c2ccc(-c3ccc(Sc4ccc(Sc5ccc(-c6ccc(C7CCC(CCCCC)CC7)cc6)cc5)c5c4C(=O)c4cccc(Sc6ccc(C(C)(C)C)cc6)c4C5=O)cc3)cc2)CC1. The number of hydrogen-bond acceptors (Lipinski definition) is 5. The fraction of sp³-hybridized carbons (Fsp3) is 0.371. The maximum Gasteiger partial charge on any atom is 0.196 e. The molecule has 0 aliphatic heterocycles. The topological polar surface area (TPSA) is 34.1 Å². The number of ketones is 2. The van der Waals surface area contributed by atoms with Gasteiger partial charge in [0.15, 0.2) is 11.6 Å². The summed E-state index contributed by atoms with van der Waals surface area (Å²) in [5.41, 5.74) is 11.0. The van der Waals surface area contributed by atoms with Crippen LogP contribution in [0.3, 0.4) is 0 Å². The van der Waals surface area contributed by atoms with E-state index in [1.165, 1.54) is 142 Å². The summed E-state index contributed by atoms with van der Waals surface area (Å²) in [6, 6.07) is 54.4. The molecule has 5 heteroatoms. The van der Waals surface area contributed by atoms with E-state index in [0.29, 0.717) is 34.1 Å². The summed E-state index contributed by atoms with van der Waals surface area (Å²) in [6.45, 7) is 11.2. The van der Waals surface area contributed by atoms with Gasteiger partial charge in [-0.1, -0.05) is 218 Å². The average molecular weight is 1050 g/mol. The van der Waals surface area contributed by atoms with Gasteiger partial charge < -0.3 is 0 Å². The Bertz CT molecular complexity index is 3040. The van der Waals surface area contributed by atoms with Crippen molar-refractivity contribution in [2.45, 2.75) is 184 Å². The van der Waals surface area contributed by atoms with Crippen molar-refractivity contribution in [2.75, 3.05) is 0 Å². The molecule has 3 aliphatic carbocycles. The van der Waals surface area contributed by atoms with Crippen LogP contribution in [0, 0.1) is 11.8 Å². The zero-order chi connectivity index (χ0) is 51.9. The van der Waals surface area contributed by atoms with E-state index >= 15 is 9.59 Å². The lowest BCUT2D eigenvalue weighted by molar-refractivity contribution is 0.0972. The van der Waals surface area contributed by atoms with Gasteiger partial charge in [-0.2, -0.15) is 0 Å². The Morgan fingerprint density at radius 1 is 0.400 bits per heavy atom. The van der Waals surface area contributed by atoms with Gasteiger partial charge in [0.05, 0.1) is 0 Å². The number of fused-ring (bicyclic) bond motifs is 2. The number of benzene rings is 7. The predicted octanol–water partition coefficient (Wildman–Crippen LogP) is 21.3. The number of rotatable bonds is 18. The third-order valence-electron chi connectivity index (χ3n) is 16.7. The van der Waals surface area contributed by atoms with E-state index in [0.717, 1.165) is 41.2 Å². The normalized spacial score (nSPS) is 18.7. The molecule has 0 spiro atoms. The summed E-state index contributed by atoms with van der Waals surface area (Å²) < 4.78 is 0. The first-order chi connectivity index (χ1) is 36.5. The van der Waals surface area contributed by atoms with Crippen LogP contribution in [0.1, 0.15) is 198 Å². The van der Waals surface area contributed by atoms with Gasteiger partial charge >= 0.3 is 0 Å². The maximum atomic E-state index is 15.3. The lowest BCUT2D eigenvalue weighted by atomic mass is 9.77. The van der Waals surface area contributed by atoms with Gasteiger partial charge in [0.2, 0.25) is 0 Å². The molecule has 0 N–H and O–H groups in total. The molecule has 2 saturated carbocycles. The summed E-state index contributed by atoms with van der Waals surface area (Å²) in [4.78, 5) is 35.9. The molecule has 75 heavy (non-hydrogen) atoms. The van der Waals surface area contributed by atoms with Crippen molar-refractivity contribution < 1.29 is 9.59 Å². The number of unbranched alkanes of at least 4 members (excludes halogenated alkanes) is 4. The second-order valence-corrected chi connectivity index (χ2v) is 26.3. The summed E-state index contributed by atoms with van der Waals surface area (Å²) in [5, 5.41) is 0. The molecule has 0 heterocycles. The molecule has 2 nitrogen and oxygen atoms in total. The lowest BCUT2D eigenvalue weighted by Gasteiger charge is -2.29. The van der Waals surface area contributed by atoms with Crippen molar-refractivity contribution in [3.8, 4) is 22.3 Å². The molecule has 7 aromatic carbocycles. The highest BCUT2D eigenvalue weighted by molar-refractivity contribution is 8.00. The van der Waals surface area contributed by atoms with Crippen LogP contribution in [-0.2, 0) is 5.41 Å². The van der Waals surface area contributed by atoms with Crippen molar-refractivity contribution in [3.05, 3.63) is 191 Å². The highest BCUT2D eigenvalue weighted by atomic mass is 32.2. The van der Waals surface area contributed by atoms with Crippen LogP contribution < -0.4 is 0 Å². The van der Waals surface area contributed by atoms with Crippen LogP contribution in [0.4, 0.5) is 0 Å². The monoisotopic (exact) mass is 1040 g/mol. The Hall–Kier alpha value is -5.07. The zero-order valence-corrected chi connectivity index (χ0v) is 47.5. The molecule has 0 atom stereocenters. The number of hydrogen-bond donors (Lipinski definition) is 0. The summed E-state index contributed by atoms with van der Waals surface area (Å²) >= 11 is 4.69. The van der Waals surface area contributed by atoms with E-state index in [2.05, 4.69) is 168 Å². The molecular weight excluding hydrogens is 969 g/mol. The minimum Gasteiger partial charge on any atom is -0.289 e. The third-order valence-corrected chi connectivity index (χ3v) is 20.0. The molecule has 7 aromatic rings. The molecule has 386 valence electrons. The van der Waals surface area contributed by atoms with Gasteiger partial charge in [0.1, 0.15) is 0 Å². The summed E-state index contributed by atoms with van der Waals surface area (Å²) in [6.07, 6.45) is 21.6. The quantitative estimate of drug-likeness (QED) is 0.0800. The predicted molar refractivity (Wildman–Crippen MR) is 319 cm³/mol. The Balaban J connectivity index is 0.884. The molecule has 3 aliphatic rings. The fourth-order valence-corrected chi connectivity index (χ4v) is 15.0. The van der Waals surface area contributed by atoms with Gasteiger partial charge in [-0.3, -0.25) is 9.59 Å². The molecule has 2 fully saturated rings. The number of carbonyl (C=O) groups excluding carboxylic acids is 2. The minimum absolute atomic E-state index is 0.0312. The van der Waals surface area contributed by atoms with E-state index in [-0.39, 0.29) is 17.0 Å². The molecule has 10 rings (SSSR count). The Labute approximate surface area is 462 Å². The Morgan fingerprint density at radius 2 is 0.773 bits per heavy atom. The van der Waals surface area contributed by atoms with Gasteiger partial charge in [-0.25, -0.2) is 0 Å². The van der Waals surface area contributed by atoms with Crippen LogP contribution in [-0.4, -0.2) is 11.6 Å². The molecule has 0 amide bonds. The van der Waals surface area contributed by atoms with Crippen LogP contribution in [0.2, 0.25) is 0 Å². The third kappa shape index (κ3) is 12.7. The first-order valence-electron chi connectivity index (χ1n) is 28.5. The van der Waals surface area contributed by atoms with Gasteiger partial charge in [0, 0.05) is 51.6 Å². The highest BCUT2D eigenvalue weighted by Gasteiger charge is 2.36. The standard InChI is InChI=1S/C70H76O2S3/c1-6-8-10-13-47-17-21-49(22-18-47)51-25-29-53(30-26-51)55-33-39-58(40-34-55)74-63-45-46-64(67-66(63)68(71)61-15-12-16-62(65(61)69(67)72)73-60-43-37-57(38-44-60)70(3,4)5)75-59-41-35-56(36-42-59)54-31-27-52(28-32-54)50-23-19-48(20-24-50)14-11-9-7-2/h12,15-16,25-50H,6-11,13-14,17-24H2,1-5H3. The van der Waals surface area contributed by atoms with Crippen molar-refractivity contribution >= 4 is 46.9 Å². The number of carbonyl (C=O) groups is 2. The first kappa shape index (κ1) is 53.3. The molecular formula is C70H76O2S3. The van der Waals surface area contributed by atoms with Crippen molar-refractivity contribution in [3.63, 3.8) is 0 Å². The second-order valence-electron chi connectivity index (χ2n) is 22.9. The first-order valence-corrected chi connectivity index (χ1v) is 30.9. The Kier molecular flexibility index (Phi) is 17.4. The van der Waals surface area contributed by atoms with Crippen LogP contribution in [0.15, 0.2) is 181 Å². The van der Waals surface area contributed by atoms with E-state index in [1.54, 1.807) is 35.3 Å². The summed E-state index contributed by atoms with van der Waals surface area (Å²) in [5.74, 6) is 2.96. The van der Waals surface area contributed by atoms with Crippen molar-refractivity contribution in [1.29, 1.82) is 0 Å². The fourth-order valence-electron chi connectivity index (χ4n) is 12.1. The minimum atomic E-state index is -0.101. The zero-order valence-electron chi connectivity index (χ0n) is 45.1. The molecule has 0 saturated heterocycles. The van der Waals surface area contributed by atoms with Crippen LogP contribution >= 0.6 is 35.3 Å². The largest absolute Gasteiger partial charge is 0.289 e. The molecule has 0 radical (unpaired) electrons. The Morgan fingerprint density at radius 3 is 1.17 bits per heavy atom. The molecule has 0 bridgehead atoms. The van der Waals surface area contributed by atoms with Crippen LogP contribution in [0.25, 0.3) is 22.3 Å². The lowest BCUT2D eigenvalue weighted by Crippen LogP contribution is -2.23. The second kappa shape index (κ2) is 24.5. The van der Waals surface area contributed by atoms with E-state index in [9.17, 15) is 0 Å². The average Bonchev–Trinajstić information content (AvgIpc) is 3.43. The van der Waals surface area contributed by atoms with Gasteiger partial charge in [0.25, 0.3) is 0 Å². The maximum absolute atomic E-state index is 15.3. The molecule has 0 aromatic heterocycles. The summed E-state index contributed by atoms with van der Waals surface area (Å²) in [7, 11) is 0. The van der Waals surface area contributed by atoms with E-state index < -0.39 is 0 Å². The smallest absolute Gasteiger partial charge is 0.196 e. The highest BCUT2D eigenvalue weighted by Crippen LogP contribution is 2.47. The van der Waals surface area contributed by atoms with E-state index in [1.807, 2.05) is 18.2 Å².